The van der Waals surface area contributed by atoms with Crippen molar-refractivity contribution in [2.45, 2.75) is 71.5 Å². The number of carbonyl (C=O) groups excluding carboxylic acids is 4. The zero-order chi connectivity index (χ0) is 22.4. The number of rotatable bonds is 9. The molecule has 2 atom stereocenters. The minimum atomic E-state index is -0.631. The molecule has 2 heterocycles. The van der Waals surface area contributed by atoms with Crippen molar-refractivity contribution in [2.75, 3.05) is 6.61 Å². The summed E-state index contributed by atoms with van der Waals surface area (Å²) in [6.45, 7) is 5.31. The molecule has 4 amide bonds. The van der Waals surface area contributed by atoms with Gasteiger partial charge in [-0.2, -0.15) is 0 Å². The normalized spacial score (nSPS) is 19.1. The van der Waals surface area contributed by atoms with Crippen LogP contribution < -0.4 is 10.6 Å². The number of benzene rings is 1. The van der Waals surface area contributed by atoms with Gasteiger partial charge in [-0.1, -0.05) is 45.2 Å². The SMILES string of the molecule is CCCCC(C)CCOC(=O)NCc1ccc2c(c1)C(=O)N(C1CCC(=O)NC1=O)C2. The lowest BCUT2D eigenvalue weighted by atomic mass is 10.0. The number of carbonyl (C=O) groups is 4. The van der Waals surface area contributed by atoms with E-state index in [2.05, 4.69) is 24.5 Å². The van der Waals surface area contributed by atoms with E-state index in [1.54, 1.807) is 6.07 Å². The number of hydrogen-bond donors (Lipinski definition) is 2. The summed E-state index contributed by atoms with van der Waals surface area (Å²) < 4.78 is 5.25. The first-order chi connectivity index (χ1) is 14.9. The highest BCUT2D eigenvalue weighted by molar-refractivity contribution is 6.05. The molecule has 3 rings (SSSR count). The van der Waals surface area contributed by atoms with Gasteiger partial charge in [-0.15, -0.1) is 0 Å². The first kappa shape index (κ1) is 22.8. The van der Waals surface area contributed by atoms with E-state index in [1.165, 1.54) is 17.7 Å². The molecular formula is C23H31N3O5. The van der Waals surface area contributed by atoms with Crippen molar-refractivity contribution in [3.8, 4) is 0 Å². The second-order valence-electron chi connectivity index (χ2n) is 8.42. The van der Waals surface area contributed by atoms with E-state index >= 15 is 0 Å². The van der Waals surface area contributed by atoms with E-state index < -0.39 is 18.0 Å². The number of hydrogen-bond acceptors (Lipinski definition) is 5. The van der Waals surface area contributed by atoms with Crippen molar-refractivity contribution < 1.29 is 23.9 Å². The molecule has 8 heteroatoms. The maximum Gasteiger partial charge on any atom is 0.407 e. The summed E-state index contributed by atoms with van der Waals surface area (Å²) in [6.07, 6.45) is 4.43. The lowest BCUT2D eigenvalue weighted by Crippen LogP contribution is -2.52. The fourth-order valence-corrected chi connectivity index (χ4v) is 3.99. The van der Waals surface area contributed by atoms with Crippen LogP contribution in [-0.4, -0.2) is 41.4 Å². The van der Waals surface area contributed by atoms with E-state index in [4.69, 9.17) is 4.74 Å². The Kier molecular flexibility index (Phi) is 7.65. The summed E-state index contributed by atoms with van der Waals surface area (Å²) in [5.74, 6) is -0.426. The minimum absolute atomic E-state index is 0.227. The van der Waals surface area contributed by atoms with Gasteiger partial charge in [-0.25, -0.2) is 4.79 Å². The van der Waals surface area contributed by atoms with E-state index in [0.29, 0.717) is 31.1 Å². The fraction of sp³-hybridized carbons (Fsp3) is 0.565. The van der Waals surface area contributed by atoms with Crippen LogP contribution in [-0.2, 0) is 27.4 Å². The van der Waals surface area contributed by atoms with Crippen LogP contribution in [0.2, 0.25) is 0 Å². The van der Waals surface area contributed by atoms with Gasteiger partial charge in [0, 0.05) is 25.1 Å². The summed E-state index contributed by atoms with van der Waals surface area (Å²) in [6, 6.07) is 4.81. The smallest absolute Gasteiger partial charge is 0.407 e. The Morgan fingerprint density at radius 1 is 1.29 bits per heavy atom. The summed E-state index contributed by atoms with van der Waals surface area (Å²) in [5.41, 5.74) is 2.15. The van der Waals surface area contributed by atoms with Gasteiger partial charge in [-0.05, 0) is 36.0 Å². The van der Waals surface area contributed by atoms with Crippen LogP contribution in [0.15, 0.2) is 18.2 Å². The highest BCUT2D eigenvalue weighted by Gasteiger charge is 2.39. The minimum Gasteiger partial charge on any atom is -0.450 e. The Morgan fingerprint density at radius 2 is 2.10 bits per heavy atom. The standard InChI is InChI=1S/C23H31N3O5/c1-3-4-5-15(2)10-11-31-23(30)24-13-16-6-7-17-14-26(22(29)18(17)12-16)19-8-9-20(27)25-21(19)28/h6-7,12,15,19H,3-5,8-11,13-14H2,1-2H3,(H,24,30)(H,25,27,28). The molecule has 31 heavy (non-hydrogen) atoms. The number of nitrogens with one attached hydrogen (secondary N) is 2. The molecule has 1 aromatic carbocycles. The molecule has 0 aromatic heterocycles. The largest absolute Gasteiger partial charge is 0.450 e. The molecular weight excluding hydrogens is 398 g/mol. The first-order valence-corrected chi connectivity index (χ1v) is 11.1. The van der Waals surface area contributed by atoms with Crippen LogP contribution in [0.3, 0.4) is 0 Å². The van der Waals surface area contributed by atoms with Gasteiger partial charge in [0.25, 0.3) is 5.91 Å². The van der Waals surface area contributed by atoms with Crippen LogP contribution in [0.4, 0.5) is 4.79 Å². The molecule has 0 spiro atoms. The van der Waals surface area contributed by atoms with E-state index in [-0.39, 0.29) is 24.8 Å². The monoisotopic (exact) mass is 429 g/mol. The number of fused-ring (bicyclic) bond motifs is 1. The van der Waals surface area contributed by atoms with Crippen LogP contribution >= 0.6 is 0 Å². The van der Waals surface area contributed by atoms with Crippen molar-refractivity contribution in [2.24, 2.45) is 5.92 Å². The van der Waals surface area contributed by atoms with Gasteiger partial charge in [-0.3, -0.25) is 19.7 Å². The maximum atomic E-state index is 12.8. The molecule has 2 N–H and O–H groups in total. The molecule has 8 nitrogen and oxygen atoms in total. The number of piperidine rings is 1. The Bertz CT molecular complexity index is 854. The Morgan fingerprint density at radius 3 is 2.84 bits per heavy atom. The molecule has 0 bridgehead atoms. The second-order valence-corrected chi connectivity index (χ2v) is 8.42. The molecule has 1 saturated heterocycles. The average Bonchev–Trinajstić information content (AvgIpc) is 3.06. The third-order valence-electron chi connectivity index (χ3n) is 5.92. The summed E-state index contributed by atoms with van der Waals surface area (Å²) >= 11 is 0. The van der Waals surface area contributed by atoms with Crippen LogP contribution in [0.5, 0.6) is 0 Å². The molecule has 168 valence electrons. The van der Waals surface area contributed by atoms with E-state index in [0.717, 1.165) is 24.0 Å². The molecule has 2 aliphatic heterocycles. The Balaban J connectivity index is 1.49. The molecule has 2 unspecified atom stereocenters. The molecule has 0 saturated carbocycles. The lowest BCUT2D eigenvalue weighted by molar-refractivity contribution is -0.136. The van der Waals surface area contributed by atoms with E-state index in [9.17, 15) is 19.2 Å². The molecule has 1 fully saturated rings. The summed E-state index contributed by atoms with van der Waals surface area (Å²) in [4.78, 5) is 49.8. The number of ether oxygens (including phenoxy) is 1. The van der Waals surface area contributed by atoms with Crippen molar-refractivity contribution in [1.29, 1.82) is 0 Å². The molecule has 1 aromatic rings. The number of alkyl carbamates (subject to hydrolysis) is 1. The predicted octanol–water partition coefficient (Wildman–Crippen LogP) is 2.89. The quantitative estimate of drug-likeness (QED) is 0.588. The zero-order valence-electron chi connectivity index (χ0n) is 18.2. The third-order valence-corrected chi connectivity index (χ3v) is 5.92. The fourth-order valence-electron chi connectivity index (χ4n) is 3.99. The predicted molar refractivity (Wildman–Crippen MR) is 114 cm³/mol. The van der Waals surface area contributed by atoms with E-state index in [1.807, 2.05) is 12.1 Å². The van der Waals surface area contributed by atoms with Crippen molar-refractivity contribution in [1.82, 2.24) is 15.5 Å². The van der Waals surface area contributed by atoms with Crippen LogP contribution in [0, 0.1) is 5.92 Å². The highest BCUT2D eigenvalue weighted by atomic mass is 16.5. The summed E-state index contributed by atoms with van der Waals surface area (Å²) in [5, 5.41) is 5.02. The number of imide groups is 1. The van der Waals surface area contributed by atoms with Gasteiger partial charge in [0.15, 0.2) is 0 Å². The highest BCUT2D eigenvalue weighted by Crippen LogP contribution is 2.28. The number of amides is 4. The number of unbranched alkanes of at least 4 members (excludes halogenated alkanes) is 1. The van der Waals surface area contributed by atoms with Gasteiger partial charge in [0.2, 0.25) is 11.8 Å². The lowest BCUT2D eigenvalue weighted by Gasteiger charge is -2.29. The second kappa shape index (κ2) is 10.4. The van der Waals surface area contributed by atoms with Gasteiger partial charge < -0.3 is 15.0 Å². The first-order valence-electron chi connectivity index (χ1n) is 11.1. The summed E-state index contributed by atoms with van der Waals surface area (Å²) in [7, 11) is 0. The number of nitrogens with zero attached hydrogens (tertiary/aromatic N) is 1. The van der Waals surface area contributed by atoms with Crippen LogP contribution in [0.25, 0.3) is 0 Å². The molecule has 0 radical (unpaired) electrons. The maximum absolute atomic E-state index is 12.8. The van der Waals surface area contributed by atoms with Crippen LogP contribution in [0.1, 0.15) is 73.9 Å². The van der Waals surface area contributed by atoms with Crippen molar-refractivity contribution in [3.63, 3.8) is 0 Å². The topological polar surface area (TPSA) is 105 Å². The third kappa shape index (κ3) is 5.83. The molecule has 2 aliphatic rings. The van der Waals surface area contributed by atoms with Gasteiger partial charge in [0.05, 0.1) is 6.61 Å². The van der Waals surface area contributed by atoms with Gasteiger partial charge in [0.1, 0.15) is 6.04 Å². The molecule has 0 aliphatic carbocycles. The van der Waals surface area contributed by atoms with Gasteiger partial charge >= 0.3 is 6.09 Å². The zero-order valence-corrected chi connectivity index (χ0v) is 18.2. The Labute approximate surface area is 182 Å². The average molecular weight is 430 g/mol. The Hall–Kier alpha value is -2.90. The van der Waals surface area contributed by atoms with Crippen molar-refractivity contribution in [3.05, 3.63) is 34.9 Å². The van der Waals surface area contributed by atoms with Crippen molar-refractivity contribution >= 4 is 23.8 Å².